The zero-order chi connectivity index (χ0) is 14.0. The molecule has 0 aromatic rings. The van der Waals surface area contributed by atoms with Gasteiger partial charge < -0.3 is 10.2 Å². The number of rotatable bonds is 2. The third-order valence-electron chi connectivity index (χ3n) is 3.43. The van der Waals surface area contributed by atoms with Crippen molar-refractivity contribution in [1.82, 2.24) is 15.2 Å². The second kappa shape index (κ2) is 5.38. The number of piperazine rings is 1. The second-order valence-electron chi connectivity index (χ2n) is 4.68. The molecule has 2 aliphatic heterocycles. The van der Waals surface area contributed by atoms with Gasteiger partial charge in [-0.3, -0.25) is 14.4 Å². The van der Waals surface area contributed by atoms with Gasteiger partial charge in [-0.15, -0.1) is 0 Å². The Morgan fingerprint density at radius 2 is 2.16 bits per heavy atom. The molecule has 7 heteroatoms. The van der Waals surface area contributed by atoms with Crippen molar-refractivity contribution < 1.29 is 14.4 Å². The largest absolute Gasteiger partial charge is 0.353 e. The Hall–Kier alpha value is -1.92. The molecular weight excluding hydrogens is 248 g/mol. The normalized spacial score (nSPS) is 24.1. The molecule has 1 N–H and O–H groups in total. The Labute approximate surface area is 111 Å². The molecule has 1 saturated heterocycles. The highest BCUT2D eigenvalue weighted by Crippen LogP contribution is 2.14. The number of carbonyl (C=O) groups excluding carboxylic acids is 3. The number of nitrogens with zero attached hydrogens (tertiary/aromatic N) is 3. The lowest BCUT2D eigenvalue weighted by Crippen LogP contribution is -2.58. The summed E-state index contributed by atoms with van der Waals surface area (Å²) >= 11 is 0. The third-order valence-corrected chi connectivity index (χ3v) is 3.43. The Morgan fingerprint density at radius 1 is 1.42 bits per heavy atom. The van der Waals surface area contributed by atoms with E-state index in [1.54, 1.807) is 4.90 Å². The standard InChI is InChI=1S/C12H18N4O3/c1-3-9-11(18)13-6-7-16(9)12(19)8-4-5-10(17)15(2)14-8/h9H,3-7H2,1-2H3,(H,13,18). The first-order chi connectivity index (χ1) is 9.04. The third kappa shape index (κ3) is 2.59. The number of hydrazone groups is 1. The summed E-state index contributed by atoms with van der Waals surface area (Å²) in [6.45, 7) is 2.82. The molecule has 104 valence electrons. The number of amides is 3. The quantitative estimate of drug-likeness (QED) is 0.719. The van der Waals surface area contributed by atoms with Crippen LogP contribution < -0.4 is 5.32 Å². The van der Waals surface area contributed by atoms with Crippen LogP contribution in [0.1, 0.15) is 26.2 Å². The first-order valence-electron chi connectivity index (χ1n) is 6.47. The molecule has 2 heterocycles. The van der Waals surface area contributed by atoms with Crippen LogP contribution in [0.25, 0.3) is 0 Å². The van der Waals surface area contributed by atoms with Crippen LogP contribution in [0.3, 0.4) is 0 Å². The van der Waals surface area contributed by atoms with Gasteiger partial charge in [-0.05, 0) is 6.42 Å². The maximum atomic E-state index is 12.4. The molecule has 0 saturated carbocycles. The van der Waals surface area contributed by atoms with Gasteiger partial charge in [-0.25, -0.2) is 5.01 Å². The van der Waals surface area contributed by atoms with Crippen molar-refractivity contribution in [2.24, 2.45) is 5.10 Å². The average molecular weight is 266 g/mol. The van der Waals surface area contributed by atoms with E-state index in [4.69, 9.17) is 0 Å². The monoisotopic (exact) mass is 266 g/mol. The van der Waals surface area contributed by atoms with Crippen LogP contribution in [0, 0.1) is 0 Å². The fourth-order valence-corrected chi connectivity index (χ4v) is 2.35. The van der Waals surface area contributed by atoms with Gasteiger partial charge in [-0.1, -0.05) is 6.92 Å². The Kier molecular flexibility index (Phi) is 3.82. The van der Waals surface area contributed by atoms with E-state index in [-0.39, 0.29) is 24.1 Å². The summed E-state index contributed by atoms with van der Waals surface area (Å²) in [6.07, 6.45) is 1.20. The van der Waals surface area contributed by atoms with E-state index in [2.05, 4.69) is 10.4 Å². The molecule has 1 atom stereocenters. The number of nitrogens with one attached hydrogen (secondary N) is 1. The molecule has 1 fully saturated rings. The van der Waals surface area contributed by atoms with Gasteiger partial charge in [0, 0.05) is 33.0 Å². The fraction of sp³-hybridized carbons (Fsp3) is 0.667. The summed E-state index contributed by atoms with van der Waals surface area (Å²) in [5, 5.41) is 7.96. The zero-order valence-corrected chi connectivity index (χ0v) is 11.2. The molecule has 2 rings (SSSR count). The van der Waals surface area contributed by atoms with Gasteiger partial charge in [-0.2, -0.15) is 5.10 Å². The molecule has 0 spiro atoms. The van der Waals surface area contributed by atoms with E-state index < -0.39 is 6.04 Å². The van der Waals surface area contributed by atoms with E-state index in [0.717, 1.165) is 0 Å². The molecule has 0 radical (unpaired) electrons. The van der Waals surface area contributed by atoms with Crippen LogP contribution in [-0.2, 0) is 14.4 Å². The average Bonchev–Trinajstić information content (AvgIpc) is 2.40. The minimum atomic E-state index is -0.438. The summed E-state index contributed by atoms with van der Waals surface area (Å²) in [4.78, 5) is 37.0. The second-order valence-corrected chi connectivity index (χ2v) is 4.68. The van der Waals surface area contributed by atoms with Crippen LogP contribution in [0.5, 0.6) is 0 Å². The zero-order valence-electron chi connectivity index (χ0n) is 11.2. The van der Waals surface area contributed by atoms with Crippen LogP contribution >= 0.6 is 0 Å². The van der Waals surface area contributed by atoms with E-state index in [9.17, 15) is 14.4 Å². The molecule has 2 aliphatic rings. The predicted octanol–water partition coefficient (Wildman–Crippen LogP) is -0.668. The van der Waals surface area contributed by atoms with Gasteiger partial charge in [0.25, 0.3) is 5.91 Å². The molecule has 0 bridgehead atoms. The fourth-order valence-electron chi connectivity index (χ4n) is 2.35. The lowest BCUT2D eigenvalue weighted by atomic mass is 10.1. The summed E-state index contributed by atoms with van der Waals surface area (Å²) < 4.78 is 0. The molecule has 7 nitrogen and oxygen atoms in total. The summed E-state index contributed by atoms with van der Waals surface area (Å²) in [5.41, 5.74) is 0.357. The van der Waals surface area contributed by atoms with Gasteiger partial charge in [0.2, 0.25) is 11.8 Å². The van der Waals surface area contributed by atoms with Crippen LogP contribution in [0.2, 0.25) is 0 Å². The lowest BCUT2D eigenvalue weighted by molar-refractivity contribution is -0.139. The molecule has 0 aromatic heterocycles. The topological polar surface area (TPSA) is 82.1 Å². The number of hydrogen-bond acceptors (Lipinski definition) is 4. The molecule has 1 unspecified atom stereocenters. The van der Waals surface area contributed by atoms with Gasteiger partial charge >= 0.3 is 0 Å². The number of hydrogen-bond donors (Lipinski definition) is 1. The molecular formula is C12H18N4O3. The maximum absolute atomic E-state index is 12.4. The number of carbonyl (C=O) groups is 3. The van der Waals surface area contributed by atoms with Crippen molar-refractivity contribution >= 4 is 23.4 Å². The molecule has 0 aromatic carbocycles. The summed E-state index contributed by atoms with van der Waals surface area (Å²) in [7, 11) is 1.54. The first kappa shape index (κ1) is 13.5. The van der Waals surface area contributed by atoms with Gasteiger partial charge in [0.1, 0.15) is 11.8 Å². The highest BCUT2D eigenvalue weighted by Gasteiger charge is 2.34. The minimum Gasteiger partial charge on any atom is -0.353 e. The molecule has 3 amide bonds. The summed E-state index contributed by atoms with van der Waals surface area (Å²) in [6, 6.07) is -0.438. The molecule has 0 aliphatic carbocycles. The van der Waals surface area contributed by atoms with E-state index in [0.29, 0.717) is 31.6 Å². The smallest absolute Gasteiger partial charge is 0.270 e. The highest BCUT2D eigenvalue weighted by atomic mass is 16.2. The maximum Gasteiger partial charge on any atom is 0.270 e. The Balaban J connectivity index is 2.16. The van der Waals surface area contributed by atoms with Crippen LogP contribution in [0.4, 0.5) is 0 Å². The van der Waals surface area contributed by atoms with E-state index >= 15 is 0 Å². The van der Waals surface area contributed by atoms with E-state index in [1.807, 2.05) is 6.92 Å². The summed E-state index contributed by atoms with van der Waals surface area (Å²) in [5.74, 6) is -0.455. The van der Waals surface area contributed by atoms with Crippen molar-refractivity contribution in [1.29, 1.82) is 0 Å². The van der Waals surface area contributed by atoms with Crippen LogP contribution in [-0.4, -0.2) is 59.5 Å². The van der Waals surface area contributed by atoms with Crippen molar-refractivity contribution in [3.63, 3.8) is 0 Å². The lowest BCUT2D eigenvalue weighted by Gasteiger charge is -2.35. The van der Waals surface area contributed by atoms with Gasteiger partial charge in [0.05, 0.1) is 0 Å². The SMILES string of the molecule is CCC1C(=O)NCCN1C(=O)C1=NN(C)C(=O)CC1. The van der Waals surface area contributed by atoms with Crippen LogP contribution in [0.15, 0.2) is 5.10 Å². The minimum absolute atomic E-state index is 0.0972. The highest BCUT2D eigenvalue weighted by molar-refractivity contribution is 6.39. The van der Waals surface area contributed by atoms with Crippen molar-refractivity contribution in [3.8, 4) is 0 Å². The Bertz CT molecular complexity index is 446. The first-order valence-corrected chi connectivity index (χ1v) is 6.47. The predicted molar refractivity (Wildman–Crippen MR) is 68.2 cm³/mol. The van der Waals surface area contributed by atoms with Crippen molar-refractivity contribution in [2.45, 2.75) is 32.2 Å². The van der Waals surface area contributed by atoms with Crippen molar-refractivity contribution in [2.75, 3.05) is 20.1 Å². The van der Waals surface area contributed by atoms with E-state index in [1.165, 1.54) is 12.1 Å². The van der Waals surface area contributed by atoms with Crippen molar-refractivity contribution in [3.05, 3.63) is 0 Å². The van der Waals surface area contributed by atoms with Gasteiger partial charge in [0.15, 0.2) is 0 Å². The molecule has 19 heavy (non-hydrogen) atoms. The Morgan fingerprint density at radius 3 is 2.79 bits per heavy atom.